The number of benzene rings is 3. The molecule has 4 nitrogen and oxygen atoms in total. The van der Waals surface area contributed by atoms with Crippen LogP contribution in [0.3, 0.4) is 0 Å². The number of hydrogen-bond acceptors (Lipinski definition) is 4. The molecule has 2 aliphatic heterocycles. The fourth-order valence-electron chi connectivity index (χ4n) is 6.10. The summed E-state index contributed by atoms with van der Waals surface area (Å²) in [4.78, 5) is 6.62. The lowest BCUT2D eigenvalue weighted by atomic mass is 9.84. The van der Waals surface area contributed by atoms with Gasteiger partial charge < -0.3 is 10.0 Å². The number of hydrogen-bond donors (Lipinski definition) is 1. The fourth-order valence-corrected chi connectivity index (χ4v) is 6.10. The Morgan fingerprint density at radius 2 is 1.26 bits per heavy atom. The lowest BCUT2D eigenvalue weighted by Crippen LogP contribution is -2.51. The molecule has 3 aromatic rings. The number of halogens is 6. The van der Waals surface area contributed by atoms with Crippen LogP contribution in [-0.2, 0) is 24.5 Å². The van der Waals surface area contributed by atoms with Gasteiger partial charge in [-0.25, -0.2) is 0 Å². The molecule has 0 aliphatic carbocycles. The molecule has 0 spiro atoms. The van der Waals surface area contributed by atoms with Crippen LogP contribution in [0, 0.1) is 0 Å². The summed E-state index contributed by atoms with van der Waals surface area (Å²) in [6.07, 6.45) is -8.45. The summed E-state index contributed by atoms with van der Waals surface area (Å²) in [5, 5.41) is 11.2. The molecule has 5 rings (SSSR count). The van der Waals surface area contributed by atoms with Gasteiger partial charge in [0, 0.05) is 58.4 Å². The van der Waals surface area contributed by atoms with E-state index >= 15 is 0 Å². The van der Waals surface area contributed by atoms with Crippen LogP contribution in [0.25, 0.3) is 0 Å². The van der Waals surface area contributed by atoms with Gasteiger partial charge in [0.05, 0.1) is 16.7 Å². The van der Waals surface area contributed by atoms with E-state index in [1.165, 1.54) is 0 Å². The summed E-state index contributed by atoms with van der Waals surface area (Å²) in [6, 6.07) is 21.3. The number of piperazine rings is 1. The maximum atomic E-state index is 13.4. The predicted octanol–water partition coefficient (Wildman–Crippen LogP) is 6.57. The van der Waals surface area contributed by atoms with E-state index in [0.717, 1.165) is 49.4 Å². The first-order valence-corrected chi connectivity index (χ1v) is 14.2. The van der Waals surface area contributed by atoms with Crippen LogP contribution in [0.15, 0.2) is 78.9 Å². The second kappa shape index (κ2) is 12.4. The third kappa shape index (κ3) is 7.34. The summed E-state index contributed by atoms with van der Waals surface area (Å²) in [5.41, 5.74) is -1.41. The molecular formula is C32H35F6N3O. The highest BCUT2D eigenvalue weighted by Crippen LogP contribution is 2.37. The topological polar surface area (TPSA) is 30.0 Å². The van der Waals surface area contributed by atoms with Gasteiger partial charge in [-0.2, -0.15) is 26.3 Å². The first-order valence-electron chi connectivity index (χ1n) is 14.2. The highest BCUT2D eigenvalue weighted by molar-refractivity contribution is 5.34. The molecule has 0 saturated carbocycles. The average Bonchev–Trinajstić information content (AvgIpc) is 2.97. The Hall–Kier alpha value is -2.92. The van der Waals surface area contributed by atoms with Crippen molar-refractivity contribution in [2.45, 2.75) is 43.4 Å². The standard InChI is InChI=1S/C32H35F6N3O/c33-31(34,35)27-19-24(20-28(21-27)32(36,37)38)22-40-16-18-41(29(23-40)25-7-3-1-4-8-25)17-15-39-13-11-30(42,12-14-39)26-9-5-2-6-10-26/h1-10,19-21,29,42H,11-18,22-23H2. The van der Waals surface area contributed by atoms with Crippen LogP contribution in [0.1, 0.15) is 46.7 Å². The van der Waals surface area contributed by atoms with Crippen molar-refractivity contribution in [1.82, 2.24) is 14.7 Å². The molecule has 0 radical (unpaired) electrons. The molecule has 1 N–H and O–H groups in total. The smallest absolute Gasteiger partial charge is 0.385 e. The molecule has 0 bridgehead atoms. The Morgan fingerprint density at radius 3 is 1.83 bits per heavy atom. The summed E-state index contributed by atoms with van der Waals surface area (Å²) >= 11 is 0. The second-order valence-electron chi connectivity index (χ2n) is 11.4. The molecule has 2 saturated heterocycles. The largest absolute Gasteiger partial charge is 0.416 e. The highest BCUT2D eigenvalue weighted by Gasteiger charge is 2.38. The summed E-state index contributed by atoms with van der Waals surface area (Å²) in [5.74, 6) is 0. The quantitative estimate of drug-likeness (QED) is 0.315. The van der Waals surface area contributed by atoms with E-state index in [1.54, 1.807) is 0 Å². The molecule has 2 heterocycles. The summed E-state index contributed by atoms with van der Waals surface area (Å²) in [7, 11) is 0. The van der Waals surface area contributed by atoms with Crippen molar-refractivity contribution in [1.29, 1.82) is 0 Å². The third-order valence-corrected chi connectivity index (χ3v) is 8.51. The maximum absolute atomic E-state index is 13.4. The number of alkyl halides is 6. The van der Waals surface area contributed by atoms with Crippen molar-refractivity contribution in [3.8, 4) is 0 Å². The van der Waals surface area contributed by atoms with E-state index in [1.807, 2.05) is 65.6 Å². The van der Waals surface area contributed by atoms with Crippen molar-refractivity contribution in [3.63, 3.8) is 0 Å². The van der Waals surface area contributed by atoms with Crippen LogP contribution in [0.4, 0.5) is 26.3 Å². The molecule has 1 unspecified atom stereocenters. The number of likely N-dealkylation sites (tertiary alicyclic amines) is 1. The van der Waals surface area contributed by atoms with E-state index in [-0.39, 0.29) is 24.2 Å². The van der Waals surface area contributed by atoms with Crippen molar-refractivity contribution in [2.24, 2.45) is 0 Å². The number of aliphatic hydroxyl groups is 1. The molecule has 0 aromatic heterocycles. The monoisotopic (exact) mass is 591 g/mol. The second-order valence-corrected chi connectivity index (χ2v) is 11.4. The van der Waals surface area contributed by atoms with Crippen LogP contribution in [0.5, 0.6) is 0 Å². The number of piperidine rings is 1. The maximum Gasteiger partial charge on any atom is 0.416 e. The Balaban J connectivity index is 1.25. The molecule has 2 fully saturated rings. The molecule has 2 aliphatic rings. The van der Waals surface area contributed by atoms with E-state index in [2.05, 4.69) is 9.80 Å². The predicted molar refractivity (Wildman–Crippen MR) is 148 cm³/mol. The van der Waals surface area contributed by atoms with Gasteiger partial charge in [-0.15, -0.1) is 0 Å². The first kappa shape index (κ1) is 30.5. The molecule has 10 heteroatoms. The van der Waals surface area contributed by atoms with Gasteiger partial charge in [-0.1, -0.05) is 60.7 Å². The van der Waals surface area contributed by atoms with Gasteiger partial charge in [0.2, 0.25) is 0 Å². The van der Waals surface area contributed by atoms with E-state index < -0.39 is 29.1 Å². The van der Waals surface area contributed by atoms with Crippen LogP contribution < -0.4 is 0 Å². The van der Waals surface area contributed by atoms with Crippen LogP contribution >= 0.6 is 0 Å². The Bertz CT molecular complexity index is 1280. The van der Waals surface area contributed by atoms with Gasteiger partial charge in [0.1, 0.15) is 0 Å². The van der Waals surface area contributed by atoms with Gasteiger partial charge in [0.25, 0.3) is 0 Å². The van der Waals surface area contributed by atoms with Crippen LogP contribution in [-0.4, -0.2) is 65.6 Å². The van der Waals surface area contributed by atoms with Crippen molar-refractivity contribution in [2.75, 3.05) is 45.8 Å². The van der Waals surface area contributed by atoms with E-state index in [9.17, 15) is 31.4 Å². The lowest BCUT2D eigenvalue weighted by molar-refractivity contribution is -0.143. The Labute approximate surface area is 242 Å². The lowest BCUT2D eigenvalue weighted by Gasteiger charge is -2.44. The molecule has 3 aromatic carbocycles. The Kier molecular flexibility index (Phi) is 8.99. The molecule has 1 atom stereocenters. The van der Waals surface area contributed by atoms with Crippen molar-refractivity contribution < 1.29 is 31.4 Å². The van der Waals surface area contributed by atoms with Crippen molar-refractivity contribution >= 4 is 0 Å². The third-order valence-electron chi connectivity index (χ3n) is 8.51. The zero-order valence-electron chi connectivity index (χ0n) is 23.2. The summed E-state index contributed by atoms with van der Waals surface area (Å²) in [6.45, 7) is 4.72. The van der Waals surface area contributed by atoms with Gasteiger partial charge in [-0.3, -0.25) is 9.80 Å². The molecule has 226 valence electrons. The minimum absolute atomic E-state index is 0.00312. The van der Waals surface area contributed by atoms with E-state index in [0.29, 0.717) is 32.5 Å². The SMILES string of the molecule is OC1(c2ccccc2)CCN(CCN2CCN(Cc3cc(C(F)(F)F)cc(C(F)(F)F)c3)CC2c2ccccc2)CC1. The fraction of sp³-hybridized carbons (Fsp3) is 0.438. The highest BCUT2D eigenvalue weighted by atomic mass is 19.4. The normalized spacial score (nSPS) is 21.0. The molecule has 0 amide bonds. The number of nitrogens with zero attached hydrogens (tertiary/aromatic N) is 3. The molecule has 42 heavy (non-hydrogen) atoms. The Morgan fingerprint density at radius 1 is 0.690 bits per heavy atom. The van der Waals surface area contributed by atoms with Gasteiger partial charge >= 0.3 is 12.4 Å². The molecular weight excluding hydrogens is 556 g/mol. The minimum atomic E-state index is -4.87. The van der Waals surface area contributed by atoms with Gasteiger partial charge in [-0.05, 0) is 47.7 Å². The first-order chi connectivity index (χ1) is 19.9. The zero-order valence-corrected chi connectivity index (χ0v) is 23.2. The summed E-state index contributed by atoms with van der Waals surface area (Å²) < 4.78 is 80.5. The average molecular weight is 592 g/mol. The van der Waals surface area contributed by atoms with Gasteiger partial charge in [0.15, 0.2) is 0 Å². The van der Waals surface area contributed by atoms with E-state index in [4.69, 9.17) is 0 Å². The minimum Gasteiger partial charge on any atom is -0.385 e. The van der Waals surface area contributed by atoms with Crippen molar-refractivity contribution in [3.05, 3.63) is 107 Å². The number of rotatable bonds is 7. The van der Waals surface area contributed by atoms with Crippen LogP contribution in [0.2, 0.25) is 0 Å². The zero-order chi connectivity index (χ0) is 30.0.